The number of aromatic nitrogens is 2. The van der Waals surface area contributed by atoms with E-state index in [9.17, 15) is 13.6 Å². The van der Waals surface area contributed by atoms with E-state index in [1.807, 2.05) is 22.7 Å². The minimum Gasteiger partial charge on any atom is -0.496 e. The fourth-order valence-corrected chi connectivity index (χ4v) is 5.17. The molecule has 0 unspecified atom stereocenters. The number of benzene rings is 1. The summed E-state index contributed by atoms with van der Waals surface area (Å²) in [6.07, 6.45) is 6.10. The molecule has 2 saturated heterocycles. The molecule has 38 heavy (non-hydrogen) atoms. The Morgan fingerprint density at radius 2 is 2.03 bits per heavy atom. The van der Waals surface area contributed by atoms with Gasteiger partial charge in [-0.3, -0.25) is 9.20 Å². The number of rotatable bonds is 11. The van der Waals surface area contributed by atoms with Gasteiger partial charge in [0.25, 0.3) is 5.91 Å². The van der Waals surface area contributed by atoms with Crippen LogP contribution in [0.3, 0.4) is 0 Å². The number of imidazole rings is 1. The Hall–Kier alpha value is -3.44. The van der Waals surface area contributed by atoms with Crippen LogP contribution in [-0.4, -0.2) is 79.4 Å². The summed E-state index contributed by atoms with van der Waals surface area (Å²) in [5, 5.41) is 2.81. The molecule has 4 heterocycles. The van der Waals surface area contributed by atoms with Gasteiger partial charge in [0.05, 0.1) is 38.8 Å². The number of ether oxygens (including phenoxy) is 4. The Balaban J connectivity index is 1.17. The zero-order valence-electron chi connectivity index (χ0n) is 21.1. The molecule has 3 aliphatic rings. The van der Waals surface area contributed by atoms with Gasteiger partial charge in [0.2, 0.25) is 0 Å². The average Bonchev–Trinajstić information content (AvgIpc) is 3.55. The number of amides is 1. The van der Waals surface area contributed by atoms with Crippen LogP contribution >= 0.6 is 0 Å². The Morgan fingerprint density at radius 3 is 2.71 bits per heavy atom. The number of halogens is 2. The van der Waals surface area contributed by atoms with Gasteiger partial charge in [-0.25, -0.2) is 4.98 Å². The summed E-state index contributed by atoms with van der Waals surface area (Å²) in [6.45, 7) is 2.49. The van der Waals surface area contributed by atoms with Crippen LogP contribution in [0, 0.1) is 5.41 Å². The highest BCUT2D eigenvalue weighted by Crippen LogP contribution is 2.38. The molecule has 11 heteroatoms. The van der Waals surface area contributed by atoms with Crippen molar-refractivity contribution in [3.8, 4) is 28.5 Å². The van der Waals surface area contributed by atoms with Gasteiger partial charge in [0, 0.05) is 48.9 Å². The molecule has 1 saturated carbocycles. The van der Waals surface area contributed by atoms with E-state index < -0.39 is 12.5 Å². The van der Waals surface area contributed by atoms with Crippen LogP contribution in [0.25, 0.3) is 16.9 Å². The van der Waals surface area contributed by atoms with E-state index >= 15 is 0 Å². The molecule has 1 spiro atoms. The normalized spacial score (nSPS) is 18.3. The van der Waals surface area contributed by atoms with Gasteiger partial charge < -0.3 is 29.2 Å². The minimum atomic E-state index is -3.10. The number of alkyl halides is 2. The molecule has 3 fully saturated rings. The molecule has 9 nitrogen and oxygen atoms in total. The molecule has 0 atom stereocenters. The van der Waals surface area contributed by atoms with E-state index in [1.54, 1.807) is 12.3 Å². The second kappa shape index (κ2) is 10.0. The minimum absolute atomic E-state index is 0.0479. The van der Waals surface area contributed by atoms with E-state index in [2.05, 4.69) is 15.2 Å². The van der Waals surface area contributed by atoms with Crippen LogP contribution in [0.15, 0.2) is 36.7 Å². The highest BCUT2D eigenvalue weighted by atomic mass is 19.3. The van der Waals surface area contributed by atoms with Crippen LogP contribution in [-0.2, 0) is 4.74 Å². The number of carbonyl (C=O) groups excluding carboxylic acids is 1. The van der Waals surface area contributed by atoms with Crippen molar-refractivity contribution in [1.29, 1.82) is 0 Å². The van der Waals surface area contributed by atoms with E-state index in [4.69, 9.17) is 18.9 Å². The lowest BCUT2D eigenvalue weighted by atomic mass is 9.78. The van der Waals surface area contributed by atoms with Crippen LogP contribution in [0.4, 0.5) is 8.78 Å². The number of likely N-dealkylation sites (tertiary alicyclic amines) is 1. The van der Waals surface area contributed by atoms with Crippen LogP contribution < -0.4 is 19.5 Å². The first-order valence-electron chi connectivity index (χ1n) is 12.8. The number of nitrogens with one attached hydrogen (secondary N) is 1. The largest absolute Gasteiger partial charge is 0.496 e. The molecule has 3 aromatic rings. The quantitative estimate of drug-likeness (QED) is 0.381. The summed E-state index contributed by atoms with van der Waals surface area (Å²) in [6, 6.07) is 6.77. The molecule has 6 rings (SSSR count). The summed E-state index contributed by atoms with van der Waals surface area (Å²) in [5.41, 5.74) is 2.15. The van der Waals surface area contributed by atoms with Crippen molar-refractivity contribution in [2.24, 2.45) is 5.41 Å². The molecule has 0 radical (unpaired) electrons. The van der Waals surface area contributed by atoms with Gasteiger partial charge >= 0.3 is 6.61 Å². The molecule has 202 valence electrons. The topological polar surface area (TPSA) is 86.6 Å². The van der Waals surface area contributed by atoms with Gasteiger partial charge in [-0.2, -0.15) is 8.78 Å². The summed E-state index contributed by atoms with van der Waals surface area (Å²) >= 11 is 0. The molecule has 1 amide bonds. The molecule has 2 aromatic heterocycles. The van der Waals surface area contributed by atoms with Crippen molar-refractivity contribution in [2.45, 2.75) is 31.9 Å². The lowest BCUT2D eigenvalue weighted by molar-refractivity contribution is -0.189. The standard InChI is InChI=1S/C27H30F2N4O5/c1-35-21-9-17(10-22(38-26(28)29)24(21)25(34)31-18-3-4-18)20-12-30-23-11-19(5-7-33(20)23)37-8-2-6-32-13-27(14-32)15-36-16-27/h5,7,9-12,18,26H,2-4,6,8,13-16H2,1H3,(H,31,34). The van der Waals surface area contributed by atoms with Crippen molar-refractivity contribution >= 4 is 11.6 Å². The monoisotopic (exact) mass is 528 g/mol. The smallest absolute Gasteiger partial charge is 0.387 e. The van der Waals surface area contributed by atoms with E-state index in [0.717, 1.165) is 52.1 Å². The zero-order valence-corrected chi connectivity index (χ0v) is 21.1. The van der Waals surface area contributed by atoms with Gasteiger partial charge in [0.1, 0.15) is 28.5 Å². The Kier molecular flexibility index (Phi) is 6.56. The number of pyridine rings is 1. The maximum Gasteiger partial charge on any atom is 0.387 e. The molecule has 0 bridgehead atoms. The van der Waals surface area contributed by atoms with E-state index in [1.165, 1.54) is 13.2 Å². The number of methoxy groups -OCH3 is 1. The predicted octanol–water partition coefficient (Wildman–Crippen LogP) is 3.60. The Bertz CT molecular complexity index is 1330. The van der Waals surface area contributed by atoms with Crippen molar-refractivity contribution in [1.82, 2.24) is 19.6 Å². The van der Waals surface area contributed by atoms with Crippen LogP contribution in [0.5, 0.6) is 17.2 Å². The number of fused-ring (bicyclic) bond motifs is 1. The number of hydrogen-bond donors (Lipinski definition) is 1. The first kappa shape index (κ1) is 24.9. The summed E-state index contributed by atoms with van der Waals surface area (Å²) < 4.78 is 49.8. The third-order valence-electron chi connectivity index (χ3n) is 7.24. The molecule has 2 aliphatic heterocycles. The maximum atomic E-state index is 13.3. The predicted molar refractivity (Wildman–Crippen MR) is 134 cm³/mol. The first-order valence-corrected chi connectivity index (χ1v) is 12.8. The highest BCUT2D eigenvalue weighted by molar-refractivity contribution is 6.01. The molecule has 1 N–H and O–H groups in total. The molecular weight excluding hydrogens is 498 g/mol. The molecule has 1 aliphatic carbocycles. The number of carbonyl (C=O) groups is 1. The average molecular weight is 529 g/mol. The van der Waals surface area contributed by atoms with E-state index in [0.29, 0.717) is 34.7 Å². The van der Waals surface area contributed by atoms with Gasteiger partial charge in [-0.05, 0) is 37.5 Å². The second-order valence-corrected chi connectivity index (χ2v) is 10.3. The fourth-order valence-electron chi connectivity index (χ4n) is 5.17. The SMILES string of the molecule is COc1cc(-c2cnc3cc(OCCCN4CC5(COC5)C4)ccn23)cc(OC(F)F)c1C(=O)NC1CC1. The van der Waals surface area contributed by atoms with Gasteiger partial charge in [-0.1, -0.05) is 0 Å². The lowest BCUT2D eigenvalue weighted by Crippen LogP contribution is -2.65. The Labute approximate surface area is 218 Å². The van der Waals surface area contributed by atoms with E-state index in [-0.39, 0.29) is 23.1 Å². The zero-order chi connectivity index (χ0) is 26.3. The van der Waals surface area contributed by atoms with Crippen molar-refractivity contribution < 1.29 is 32.5 Å². The third kappa shape index (κ3) is 5.00. The third-order valence-corrected chi connectivity index (χ3v) is 7.24. The Morgan fingerprint density at radius 1 is 1.24 bits per heavy atom. The van der Waals surface area contributed by atoms with Crippen molar-refractivity contribution in [2.75, 3.05) is 46.6 Å². The molecular formula is C27H30F2N4O5. The lowest BCUT2D eigenvalue weighted by Gasteiger charge is -2.55. The van der Waals surface area contributed by atoms with Gasteiger partial charge in [0.15, 0.2) is 0 Å². The van der Waals surface area contributed by atoms with Gasteiger partial charge in [-0.15, -0.1) is 0 Å². The summed E-state index contributed by atoms with van der Waals surface area (Å²) in [4.78, 5) is 19.7. The van der Waals surface area contributed by atoms with Crippen LogP contribution in [0.1, 0.15) is 29.6 Å². The summed E-state index contributed by atoms with van der Waals surface area (Å²) in [7, 11) is 1.39. The first-order chi connectivity index (χ1) is 18.4. The van der Waals surface area contributed by atoms with Crippen molar-refractivity contribution in [3.63, 3.8) is 0 Å². The molecule has 1 aromatic carbocycles. The number of nitrogens with zero attached hydrogens (tertiary/aromatic N) is 3. The summed E-state index contributed by atoms with van der Waals surface area (Å²) in [5.74, 6) is 0.0928. The highest BCUT2D eigenvalue weighted by Gasteiger charge is 2.48. The second-order valence-electron chi connectivity index (χ2n) is 10.3. The van der Waals surface area contributed by atoms with Crippen molar-refractivity contribution in [3.05, 3.63) is 42.2 Å². The number of hydrogen-bond acceptors (Lipinski definition) is 7. The maximum absolute atomic E-state index is 13.3. The van der Waals surface area contributed by atoms with Crippen LogP contribution in [0.2, 0.25) is 0 Å². The fraction of sp³-hybridized carbons (Fsp3) is 0.481.